The van der Waals surface area contributed by atoms with Gasteiger partial charge in [-0.3, -0.25) is 4.68 Å². The van der Waals surface area contributed by atoms with Gasteiger partial charge in [-0.1, -0.05) is 27.7 Å². The predicted molar refractivity (Wildman–Crippen MR) is 81.1 cm³/mol. The third-order valence-electron chi connectivity index (χ3n) is 4.54. The topological polar surface area (TPSA) is 38.0 Å². The van der Waals surface area contributed by atoms with Crippen LogP contribution < -0.4 is 0 Å². The first-order valence-corrected chi connectivity index (χ1v) is 7.90. The Morgan fingerprint density at radius 2 is 2.11 bits per heavy atom. The summed E-state index contributed by atoms with van der Waals surface area (Å²) < 4.78 is 2.99. The van der Waals surface area contributed by atoms with Crippen LogP contribution in [0.1, 0.15) is 51.9 Å². The minimum Gasteiger partial charge on any atom is -0.389 e. The van der Waals surface area contributed by atoms with Crippen LogP contribution in [0.2, 0.25) is 0 Å². The van der Waals surface area contributed by atoms with Crippen molar-refractivity contribution in [2.45, 2.75) is 59.0 Å². The Morgan fingerprint density at radius 1 is 1.47 bits per heavy atom. The van der Waals surface area contributed by atoms with Crippen molar-refractivity contribution in [2.75, 3.05) is 0 Å². The summed E-state index contributed by atoms with van der Waals surface area (Å²) in [5.74, 6) is 0.328. The van der Waals surface area contributed by atoms with Crippen LogP contribution in [0.3, 0.4) is 0 Å². The number of hydrogen-bond donors (Lipinski definition) is 1. The summed E-state index contributed by atoms with van der Waals surface area (Å²) in [4.78, 5) is 0. The molecule has 0 saturated heterocycles. The van der Waals surface area contributed by atoms with Gasteiger partial charge in [0.05, 0.1) is 21.5 Å². The van der Waals surface area contributed by atoms with E-state index in [1.54, 1.807) is 0 Å². The molecule has 108 valence electrons. The van der Waals surface area contributed by atoms with Crippen molar-refractivity contribution >= 4 is 15.9 Å². The SMILES string of the molecule is CCc1nn(C)c(CC2(O)CC(C)(C)CC2C)c1Br. The normalized spacial score (nSPS) is 29.9. The second kappa shape index (κ2) is 4.88. The van der Waals surface area contributed by atoms with E-state index in [2.05, 4.69) is 48.7 Å². The van der Waals surface area contributed by atoms with Crippen molar-refractivity contribution in [3.63, 3.8) is 0 Å². The van der Waals surface area contributed by atoms with Crippen molar-refractivity contribution in [2.24, 2.45) is 18.4 Å². The van der Waals surface area contributed by atoms with Crippen molar-refractivity contribution in [3.8, 4) is 0 Å². The van der Waals surface area contributed by atoms with Crippen LogP contribution in [0.4, 0.5) is 0 Å². The lowest BCUT2D eigenvalue weighted by atomic mass is 9.86. The first kappa shape index (κ1) is 15.0. The molecule has 1 saturated carbocycles. The Bertz CT molecular complexity index is 481. The molecule has 1 heterocycles. The molecule has 0 aromatic carbocycles. The fourth-order valence-corrected chi connectivity index (χ4v) is 4.39. The van der Waals surface area contributed by atoms with Crippen molar-refractivity contribution < 1.29 is 5.11 Å². The molecule has 4 heteroatoms. The molecule has 2 rings (SSSR count). The Balaban J connectivity index is 2.29. The summed E-state index contributed by atoms with van der Waals surface area (Å²) in [6, 6.07) is 0. The van der Waals surface area contributed by atoms with Crippen LogP contribution in [0.15, 0.2) is 4.47 Å². The van der Waals surface area contributed by atoms with Gasteiger partial charge in [-0.05, 0) is 46.5 Å². The van der Waals surface area contributed by atoms with Gasteiger partial charge in [0.1, 0.15) is 0 Å². The van der Waals surface area contributed by atoms with Crippen molar-refractivity contribution in [1.82, 2.24) is 9.78 Å². The van der Waals surface area contributed by atoms with Crippen LogP contribution in [0, 0.1) is 11.3 Å². The van der Waals surface area contributed by atoms with Crippen LogP contribution in [-0.4, -0.2) is 20.5 Å². The molecule has 1 aliphatic rings. The molecule has 1 aromatic rings. The zero-order valence-electron chi connectivity index (χ0n) is 12.6. The highest BCUT2D eigenvalue weighted by atomic mass is 79.9. The van der Waals surface area contributed by atoms with Gasteiger partial charge in [-0.15, -0.1) is 0 Å². The van der Waals surface area contributed by atoms with Crippen LogP contribution in [0.5, 0.6) is 0 Å². The largest absolute Gasteiger partial charge is 0.389 e. The highest BCUT2D eigenvalue weighted by Crippen LogP contribution is 2.49. The maximum absolute atomic E-state index is 11.0. The zero-order valence-corrected chi connectivity index (χ0v) is 14.2. The van der Waals surface area contributed by atoms with E-state index in [1.807, 2.05) is 11.7 Å². The number of hydrogen-bond acceptors (Lipinski definition) is 2. The maximum Gasteiger partial charge on any atom is 0.0766 e. The van der Waals surface area contributed by atoms with Gasteiger partial charge in [0.25, 0.3) is 0 Å². The molecule has 0 amide bonds. The summed E-state index contributed by atoms with van der Waals surface area (Å²) in [6.07, 6.45) is 3.54. The van der Waals surface area contributed by atoms with E-state index in [4.69, 9.17) is 0 Å². The van der Waals surface area contributed by atoms with Crippen LogP contribution >= 0.6 is 15.9 Å². The summed E-state index contributed by atoms with van der Waals surface area (Å²) in [5.41, 5.74) is 1.81. The minimum atomic E-state index is -0.606. The second-order valence-electron chi connectivity index (χ2n) is 6.91. The van der Waals surface area contributed by atoms with E-state index in [9.17, 15) is 5.11 Å². The quantitative estimate of drug-likeness (QED) is 0.922. The number of rotatable bonds is 3. The molecule has 1 aliphatic carbocycles. The van der Waals surface area contributed by atoms with E-state index >= 15 is 0 Å². The van der Waals surface area contributed by atoms with Gasteiger partial charge in [-0.2, -0.15) is 5.10 Å². The molecule has 3 nitrogen and oxygen atoms in total. The molecule has 2 atom stereocenters. The number of nitrogens with zero attached hydrogens (tertiary/aromatic N) is 2. The predicted octanol–water partition coefficient (Wildman–Crippen LogP) is 3.47. The molecule has 1 aromatic heterocycles. The monoisotopic (exact) mass is 328 g/mol. The smallest absolute Gasteiger partial charge is 0.0766 e. The molecular formula is C15H25BrN2O. The van der Waals surface area contributed by atoms with Gasteiger partial charge in [0.2, 0.25) is 0 Å². The fraction of sp³-hybridized carbons (Fsp3) is 0.800. The molecule has 1 fully saturated rings. The lowest BCUT2D eigenvalue weighted by Gasteiger charge is -2.28. The lowest BCUT2D eigenvalue weighted by molar-refractivity contribution is 0.00269. The molecule has 19 heavy (non-hydrogen) atoms. The van der Waals surface area contributed by atoms with E-state index in [0.717, 1.165) is 35.1 Å². The molecule has 0 aliphatic heterocycles. The molecule has 2 unspecified atom stereocenters. The lowest BCUT2D eigenvalue weighted by Crippen LogP contribution is -2.35. The Kier molecular flexibility index (Phi) is 3.87. The first-order chi connectivity index (χ1) is 8.68. The Morgan fingerprint density at radius 3 is 2.53 bits per heavy atom. The Labute approximate surface area is 124 Å². The van der Waals surface area contributed by atoms with Gasteiger partial charge in [0, 0.05) is 13.5 Å². The number of aryl methyl sites for hydroxylation is 2. The average Bonchev–Trinajstić information content (AvgIpc) is 2.65. The summed E-state index contributed by atoms with van der Waals surface area (Å²) in [7, 11) is 1.97. The van der Waals surface area contributed by atoms with E-state index in [1.165, 1.54) is 0 Å². The molecule has 0 bridgehead atoms. The molecule has 0 spiro atoms. The summed E-state index contributed by atoms with van der Waals surface area (Å²) in [6.45, 7) is 8.76. The number of halogens is 1. The third-order valence-corrected chi connectivity index (χ3v) is 5.45. The third kappa shape index (κ3) is 2.75. The second-order valence-corrected chi connectivity index (χ2v) is 7.70. The zero-order chi connectivity index (χ0) is 14.4. The van der Waals surface area contributed by atoms with Crippen LogP contribution in [-0.2, 0) is 19.9 Å². The van der Waals surface area contributed by atoms with Gasteiger partial charge >= 0.3 is 0 Å². The summed E-state index contributed by atoms with van der Waals surface area (Å²) in [5, 5.41) is 15.5. The standard InChI is InChI=1S/C15H25BrN2O/c1-6-11-13(16)12(18(5)17-11)8-15(19)9-14(3,4)7-10(15)2/h10,19H,6-9H2,1-5H3. The average molecular weight is 329 g/mol. The molecular weight excluding hydrogens is 304 g/mol. The number of aliphatic hydroxyl groups is 1. The molecule has 0 radical (unpaired) electrons. The molecule has 1 N–H and O–H groups in total. The minimum absolute atomic E-state index is 0.229. The summed E-state index contributed by atoms with van der Waals surface area (Å²) >= 11 is 3.65. The first-order valence-electron chi connectivity index (χ1n) is 7.11. The van der Waals surface area contributed by atoms with Gasteiger partial charge < -0.3 is 5.11 Å². The van der Waals surface area contributed by atoms with Gasteiger partial charge in [0.15, 0.2) is 0 Å². The van der Waals surface area contributed by atoms with E-state index < -0.39 is 5.60 Å². The Hall–Kier alpha value is -0.350. The fourth-order valence-electron chi connectivity index (χ4n) is 3.63. The van der Waals surface area contributed by atoms with E-state index in [0.29, 0.717) is 12.3 Å². The number of aromatic nitrogens is 2. The van der Waals surface area contributed by atoms with Crippen LogP contribution in [0.25, 0.3) is 0 Å². The van der Waals surface area contributed by atoms with Crippen molar-refractivity contribution in [1.29, 1.82) is 0 Å². The van der Waals surface area contributed by atoms with Crippen molar-refractivity contribution in [3.05, 3.63) is 15.9 Å². The van der Waals surface area contributed by atoms with E-state index in [-0.39, 0.29) is 5.41 Å². The maximum atomic E-state index is 11.0. The van der Waals surface area contributed by atoms with Gasteiger partial charge in [-0.25, -0.2) is 0 Å². The highest BCUT2D eigenvalue weighted by Gasteiger charge is 2.48. The highest BCUT2D eigenvalue weighted by molar-refractivity contribution is 9.10.